The number of aromatic nitrogens is 1. The predicted octanol–water partition coefficient (Wildman–Crippen LogP) is 4.99. The van der Waals surface area contributed by atoms with Crippen molar-refractivity contribution >= 4 is 11.3 Å². The molecule has 2 atom stereocenters. The van der Waals surface area contributed by atoms with Gasteiger partial charge in [-0.3, -0.25) is 0 Å². The summed E-state index contributed by atoms with van der Waals surface area (Å²) < 4.78 is 0. The van der Waals surface area contributed by atoms with Crippen LogP contribution in [0.25, 0.3) is 0 Å². The van der Waals surface area contributed by atoms with Crippen LogP contribution >= 0.6 is 11.3 Å². The Balaban J connectivity index is 2.16. The third-order valence-electron chi connectivity index (χ3n) is 3.84. The summed E-state index contributed by atoms with van der Waals surface area (Å²) in [6.45, 7) is 11.0. The van der Waals surface area contributed by atoms with Gasteiger partial charge in [0.15, 0.2) is 0 Å². The van der Waals surface area contributed by atoms with Crippen LogP contribution in [0.5, 0.6) is 0 Å². The summed E-state index contributed by atoms with van der Waals surface area (Å²) in [6.07, 6.45) is 1.08. The highest BCUT2D eigenvalue weighted by Crippen LogP contribution is 2.31. The molecule has 0 aliphatic heterocycles. The highest BCUT2D eigenvalue weighted by atomic mass is 32.1. The van der Waals surface area contributed by atoms with Gasteiger partial charge in [0.1, 0.15) is 5.01 Å². The van der Waals surface area contributed by atoms with Gasteiger partial charge < -0.3 is 5.32 Å². The monoisotopic (exact) mass is 302 g/mol. The van der Waals surface area contributed by atoms with Gasteiger partial charge in [0, 0.05) is 10.9 Å². The third-order valence-corrected chi connectivity index (χ3v) is 5.02. The second kappa shape index (κ2) is 7.19. The second-order valence-corrected chi connectivity index (χ2v) is 7.35. The fraction of sp³-hybridized carbons (Fsp3) is 0.500. The van der Waals surface area contributed by atoms with Crippen molar-refractivity contribution in [1.29, 1.82) is 0 Å². The van der Waals surface area contributed by atoms with Crippen molar-refractivity contribution in [3.8, 4) is 0 Å². The Morgan fingerprint density at radius 2 is 1.76 bits per heavy atom. The molecule has 0 radical (unpaired) electrons. The van der Waals surface area contributed by atoms with Gasteiger partial charge in [-0.25, -0.2) is 4.98 Å². The number of nitrogens with one attached hydrogen (secondary N) is 1. The number of aryl methyl sites for hydroxylation is 2. The zero-order valence-corrected chi connectivity index (χ0v) is 14.5. The number of benzene rings is 1. The molecule has 3 heteroatoms. The normalized spacial score (nSPS) is 14.4. The fourth-order valence-electron chi connectivity index (χ4n) is 2.56. The van der Waals surface area contributed by atoms with Crippen molar-refractivity contribution < 1.29 is 0 Å². The average molecular weight is 302 g/mol. The lowest BCUT2D eigenvalue weighted by Gasteiger charge is -2.23. The lowest BCUT2D eigenvalue weighted by atomic mass is 9.94. The Morgan fingerprint density at radius 1 is 1.10 bits per heavy atom. The van der Waals surface area contributed by atoms with Crippen LogP contribution in [-0.2, 0) is 0 Å². The maximum atomic E-state index is 4.77. The molecule has 2 unspecified atom stereocenters. The molecule has 1 aromatic carbocycles. The van der Waals surface area contributed by atoms with Crippen LogP contribution in [0.2, 0.25) is 0 Å². The molecule has 0 aliphatic rings. The minimum absolute atomic E-state index is 0.331. The van der Waals surface area contributed by atoms with Crippen molar-refractivity contribution in [1.82, 2.24) is 10.3 Å². The molecule has 0 bridgehead atoms. The summed E-state index contributed by atoms with van der Waals surface area (Å²) in [5.74, 6) is 0.520. The minimum atomic E-state index is 0.331. The molecule has 1 aromatic heterocycles. The Hall–Kier alpha value is -1.19. The van der Waals surface area contributed by atoms with Crippen LogP contribution in [-0.4, -0.2) is 11.0 Å². The van der Waals surface area contributed by atoms with Crippen molar-refractivity contribution in [3.63, 3.8) is 0 Å². The van der Waals surface area contributed by atoms with E-state index in [1.54, 1.807) is 0 Å². The van der Waals surface area contributed by atoms with E-state index in [1.807, 2.05) is 11.3 Å². The SMILES string of the molecule is Cc1nc(C(CC(C)c2ccccc2)NC(C)C)sc1C. The zero-order chi connectivity index (χ0) is 15.4. The standard InChI is InChI=1S/C18H26N2S/c1-12(2)19-17(18-20-14(4)15(5)21-18)11-13(3)16-9-7-6-8-10-16/h6-10,12-13,17,19H,11H2,1-5H3. The molecule has 1 heterocycles. The molecule has 0 aliphatic carbocycles. The molecule has 0 fully saturated rings. The van der Waals surface area contributed by atoms with Gasteiger partial charge in [-0.2, -0.15) is 0 Å². The molecule has 2 aromatic rings. The number of nitrogens with zero attached hydrogens (tertiary/aromatic N) is 1. The molecular weight excluding hydrogens is 276 g/mol. The molecule has 0 amide bonds. The number of thiazole rings is 1. The molecular formula is C18H26N2S. The topological polar surface area (TPSA) is 24.9 Å². The molecule has 0 saturated carbocycles. The van der Waals surface area contributed by atoms with Gasteiger partial charge in [0.05, 0.1) is 11.7 Å². The first-order chi connectivity index (χ1) is 9.97. The quantitative estimate of drug-likeness (QED) is 0.813. The smallest absolute Gasteiger partial charge is 0.110 e. The number of hydrogen-bond donors (Lipinski definition) is 1. The van der Waals surface area contributed by atoms with Gasteiger partial charge >= 0.3 is 0 Å². The van der Waals surface area contributed by atoms with Crippen LogP contribution < -0.4 is 5.32 Å². The van der Waals surface area contributed by atoms with E-state index >= 15 is 0 Å². The summed E-state index contributed by atoms with van der Waals surface area (Å²) in [4.78, 5) is 6.09. The first-order valence-corrected chi connectivity index (χ1v) is 8.54. The first kappa shape index (κ1) is 16.2. The van der Waals surface area contributed by atoms with Crippen LogP contribution in [0.15, 0.2) is 30.3 Å². The second-order valence-electron chi connectivity index (χ2n) is 6.12. The first-order valence-electron chi connectivity index (χ1n) is 7.72. The Kier molecular flexibility index (Phi) is 5.54. The van der Waals surface area contributed by atoms with E-state index < -0.39 is 0 Å². The lowest BCUT2D eigenvalue weighted by Crippen LogP contribution is -2.29. The van der Waals surface area contributed by atoms with Crippen LogP contribution in [0.1, 0.15) is 60.3 Å². The van der Waals surface area contributed by atoms with Gasteiger partial charge in [-0.15, -0.1) is 11.3 Å². The zero-order valence-electron chi connectivity index (χ0n) is 13.7. The predicted molar refractivity (Wildman–Crippen MR) is 92.1 cm³/mol. The molecule has 0 spiro atoms. The Bertz CT molecular complexity index is 540. The Labute approximate surface area is 132 Å². The number of rotatable bonds is 6. The third kappa shape index (κ3) is 4.39. The average Bonchev–Trinajstić information content (AvgIpc) is 2.78. The highest BCUT2D eigenvalue weighted by molar-refractivity contribution is 7.11. The van der Waals surface area contributed by atoms with E-state index in [4.69, 9.17) is 4.98 Å². The van der Waals surface area contributed by atoms with Gasteiger partial charge in [-0.1, -0.05) is 51.1 Å². The van der Waals surface area contributed by atoms with Crippen molar-refractivity contribution in [2.24, 2.45) is 0 Å². The maximum absolute atomic E-state index is 4.77. The van der Waals surface area contributed by atoms with Crippen LogP contribution in [0.4, 0.5) is 0 Å². The summed E-state index contributed by atoms with van der Waals surface area (Å²) in [5, 5.41) is 4.91. The highest BCUT2D eigenvalue weighted by Gasteiger charge is 2.20. The summed E-state index contributed by atoms with van der Waals surface area (Å²) in [6, 6.07) is 11.5. The molecule has 114 valence electrons. The van der Waals surface area contributed by atoms with E-state index in [0.717, 1.165) is 12.1 Å². The van der Waals surface area contributed by atoms with Crippen molar-refractivity contribution in [2.45, 2.75) is 59.0 Å². The van der Waals surface area contributed by atoms with Crippen LogP contribution in [0, 0.1) is 13.8 Å². The maximum Gasteiger partial charge on any atom is 0.110 e. The number of hydrogen-bond acceptors (Lipinski definition) is 3. The largest absolute Gasteiger partial charge is 0.306 e. The van der Waals surface area contributed by atoms with Crippen molar-refractivity contribution in [2.75, 3.05) is 0 Å². The molecule has 2 nitrogen and oxygen atoms in total. The molecule has 0 saturated heterocycles. The summed E-state index contributed by atoms with van der Waals surface area (Å²) in [7, 11) is 0. The molecule has 2 rings (SSSR count). The van der Waals surface area contributed by atoms with E-state index in [1.165, 1.54) is 15.4 Å². The van der Waals surface area contributed by atoms with E-state index in [2.05, 4.69) is 70.3 Å². The fourth-order valence-corrected chi connectivity index (χ4v) is 3.56. The summed E-state index contributed by atoms with van der Waals surface area (Å²) in [5.41, 5.74) is 2.57. The van der Waals surface area contributed by atoms with E-state index in [-0.39, 0.29) is 0 Å². The van der Waals surface area contributed by atoms with E-state index in [0.29, 0.717) is 18.0 Å². The van der Waals surface area contributed by atoms with Gasteiger partial charge in [0.25, 0.3) is 0 Å². The lowest BCUT2D eigenvalue weighted by molar-refractivity contribution is 0.426. The minimum Gasteiger partial charge on any atom is -0.306 e. The van der Waals surface area contributed by atoms with Crippen LogP contribution in [0.3, 0.4) is 0 Å². The van der Waals surface area contributed by atoms with Gasteiger partial charge in [0.2, 0.25) is 0 Å². The van der Waals surface area contributed by atoms with E-state index in [9.17, 15) is 0 Å². The molecule has 1 N–H and O–H groups in total. The summed E-state index contributed by atoms with van der Waals surface area (Å²) >= 11 is 1.83. The Morgan fingerprint density at radius 3 is 2.29 bits per heavy atom. The van der Waals surface area contributed by atoms with Crippen molar-refractivity contribution in [3.05, 3.63) is 51.5 Å². The molecule has 21 heavy (non-hydrogen) atoms. The van der Waals surface area contributed by atoms with Gasteiger partial charge in [-0.05, 0) is 31.7 Å².